The summed E-state index contributed by atoms with van der Waals surface area (Å²) >= 11 is 1.64. The summed E-state index contributed by atoms with van der Waals surface area (Å²) in [5.41, 5.74) is 9.99. The van der Waals surface area contributed by atoms with Crippen molar-refractivity contribution in [3.8, 4) is 0 Å². The van der Waals surface area contributed by atoms with Crippen LogP contribution >= 0.6 is 11.8 Å². The number of amides is 1. The minimum Gasteiger partial charge on any atom is -0.453 e. The number of esters is 1. The monoisotopic (exact) mass is 550 g/mol. The normalized spacial score (nSPS) is 21.6. The first-order valence-electron chi connectivity index (χ1n) is 12.8. The predicted octanol–water partition coefficient (Wildman–Crippen LogP) is 5.23. The topological polar surface area (TPSA) is 120 Å². The second kappa shape index (κ2) is 13.1. The summed E-state index contributed by atoms with van der Waals surface area (Å²) in [6.45, 7) is 4.86. The second-order valence-corrected chi connectivity index (χ2v) is 10.6. The molecule has 0 radical (unpaired) electrons. The van der Waals surface area contributed by atoms with Crippen molar-refractivity contribution >= 4 is 35.0 Å². The van der Waals surface area contributed by atoms with Gasteiger partial charge in [-0.1, -0.05) is 55.5 Å². The standard InChI is InChI=1S/C30H34N2O6S/c1-18-26(17-39-27-10-5-4-9-25(27)31)37-30(38-28(18)22-13-11-21(16-33)12-14-22)23-7-6-8-24(15-23)32-29(35)19(2)36-20(3)34/h4-15,18-19,26,28,30,33H,16-17,31H2,1-3H3,(H,32,35)/t18-,19-,26+,28+,30?/m0/s1. The Morgan fingerprint density at radius 1 is 1.05 bits per heavy atom. The molecule has 4 N–H and O–H groups in total. The van der Waals surface area contributed by atoms with E-state index in [1.807, 2.05) is 60.7 Å². The quantitative estimate of drug-likeness (QED) is 0.188. The molecule has 1 unspecified atom stereocenters. The Morgan fingerprint density at radius 2 is 1.79 bits per heavy atom. The first-order chi connectivity index (χ1) is 18.7. The van der Waals surface area contributed by atoms with Crippen molar-refractivity contribution in [3.05, 3.63) is 89.5 Å². The van der Waals surface area contributed by atoms with Gasteiger partial charge in [0.05, 0.1) is 18.8 Å². The van der Waals surface area contributed by atoms with Crippen molar-refractivity contribution in [3.63, 3.8) is 0 Å². The predicted molar refractivity (Wildman–Crippen MR) is 151 cm³/mol. The Bertz CT molecular complexity index is 1280. The molecule has 3 aromatic carbocycles. The molecule has 39 heavy (non-hydrogen) atoms. The van der Waals surface area contributed by atoms with Crippen LogP contribution in [0.4, 0.5) is 11.4 Å². The highest BCUT2D eigenvalue weighted by atomic mass is 32.2. The SMILES string of the molecule is CC(=O)O[C@@H](C)C(=O)Nc1cccc(C2O[C@H](CSc3ccccc3N)[C@H](C)[C@H](c3ccc(CO)cc3)O2)c1. The van der Waals surface area contributed by atoms with Crippen molar-refractivity contribution in [2.24, 2.45) is 5.92 Å². The molecule has 1 heterocycles. The van der Waals surface area contributed by atoms with Gasteiger partial charge in [0.2, 0.25) is 0 Å². The van der Waals surface area contributed by atoms with Crippen LogP contribution in [-0.4, -0.2) is 34.9 Å². The van der Waals surface area contributed by atoms with Crippen LogP contribution in [0.5, 0.6) is 0 Å². The average molecular weight is 551 g/mol. The highest BCUT2D eigenvalue weighted by molar-refractivity contribution is 7.99. The molecular formula is C30H34N2O6S. The number of para-hydroxylation sites is 1. The molecule has 0 spiro atoms. The molecule has 3 aromatic rings. The summed E-state index contributed by atoms with van der Waals surface area (Å²) in [6.07, 6.45) is -2.05. The Morgan fingerprint density at radius 3 is 2.49 bits per heavy atom. The fraction of sp³-hybridized carbons (Fsp3) is 0.333. The first kappa shape index (κ1) is 28.6. The van der Waals surface area contributed by atoms with Crippen LogP contribution in [0.2, 0.25) is 0 Å². The van der Waals surface area contributed by atoms with Crippen LogP contribution < -0.4 is 11.1 Å². The molecule has 4 rings (SSSR count). The van der Waals surface area contributed by atoms with Crippen molar-refractivity contribution in [1.82, 2.24) is 0 Å². The first-order valence-corrected chi connectivity index (χ1v) is 13.8. The molecule has 0 saturated carbocycles. The van der Waals surface area contributed by atoms with E-state index in [1.165, 1.54) is 13.8 Å². The van der Waals surface area contributed by atoms with E-state index in [-0.39, 0.29) is 24.7 Å². The number of nitrogens with two attached hydrogens (primary N) is 1. The van der Waals surface area contributed by atoms with Crippen molar-refractivity contribution < 1.29 is 28.9 Å². The van der Waals surface area contributed by atoms with Crippen LogP contribution in [0.3, 0.4) is 0 Å². The molecular weight excluding hydrogens is 516 g/mol. The van der Waals surface area contributed by atoms with E-state index in [1.54, 1.807) is 23.9 Å². The number of ether oxygens (including phenoxy) is 3. The number of hydrogen-bond acceptors (Lipinski definition) is 8. The minimum absolute atomic E-state index is 0.0196. The van der Waals surface area contributed by atoms with Gasteiger partial charge >= 0.3 is 5.97 Å². The van der Waals surface area contributed by atoms with Gasteiger partial charge in [0.25, 0.3) is 5.91 Å². The lowest BCUT2D eigenvalue weighted by Gasteiger charge is -2.41. The van der Waals surface area contributed by atoms with Gasteiger partial charge in [0, 0.05) is 40.4 Å². The van der Waals surface area contributed by atoms with Crippen LogP contribution in [0.1, 0.15) is 49.9 Å². The third-order valence-corrected chi connectivity index (χ3v) is 7.76. The number of benzene rings is 3. The molecule has 1 amide bonds. The van der Waals surface area contributed by atoms with Crippen LogP contribution in [0, 0.1) is 5.92 Å². The van der Waals surface area contributed by atoms with Gasteiger partial charge in [-0.3, -0.25) is 9.59 Å². The van der Waals surface area contributed by atoms with Crippen molar-refractivity contribution in [1.29, 1.82) is 0 Å². The van der Waals surface area contributed by atoms with Gasteiger partial charge in [-0.2, -0.15) is 0 Å². The largest absolute Gasteiger partial charge is 0.453 e. The van der Waals surface area contributed by atoms with Crippen molar-refractivity contribution in [2.45, 2.75) is 56.9 Å². The van der Waals surface area contributed by atoms with E-state index < -0.39 is 24.3 Å². The van der Waals surface area contributed by atoms with Crippen LogP contribution in [0.25, 0.3) is 0 Å². The van der Waals surface area contributed by atoms with Gasteiger partial charge in [-0.25, -0.2) is 0 Å². The molecule has 9 heteroatoms. The lowest BCUT2D eigenvalue weighted by molar-refractivity contribution is -0.268. The van der Waals surface area contributed by atoms with E-state index in [0.29, 0.717) is 11.4 Å². The maximum atomic E-state index is 12.5. The highest BCUT2D eigenvalue weighted by Crippen LogP contribution is 2.43. The van der Waals surface area contributed by atoms with Gasteiger partial charge in [-0.15, -0.1) is 11.8 Å². The number of aliphatic hydroxyl groups is 1. The van der Waals surface area contributed by atoms with Crippen LogP contribution in [-0.2, 0) is 30.4 Å². The minimum atomic E-state index is -0.924. The van der Waals surface area contributed by atoms with Gasteiger partial charge in [-0.05, 0) is 42.3 Å². The molecule has 0 bridgehead atoms. The third kappa shape index (κ3) is 7.39. The fourth-order valence-electron chi connectivity index (χ4n) is 4.40. The van der Waals surface area contributed by atoms with Gasteiger partial charge < -0.3 is 30.4 Å². The number of rotatable bonds is 9. The molecule has 1 fully saturated rings. The molecule has 5 atom stereocenters. The zero-order valence-corrected chi connectivity index (χ0v) is 23.0. The summed E-state index contributed by atoms with van der Waals surface area (Å²) in [7, 11) is 0. The second-order valence-electron chi connectivity index (χ2n) is 9.54. The number of aliphatic hydroxyl groups excluding tert-OH is 1. The maximum Gasteiger partial charge on any atom is 0.303 e. The maximum absolute atomic E-state index is 12.5. The summed E-state index contributed by atoms with van der Waals surface area (Å²) in [5, 5.41) is 12.3. The lowest BCUT2D eigenvalue weighted by atomic mass is 9.91. The Balaban J connectivity index is 1.57. The number of thioether (sulfide) groups is 1. The van der Waals surface area contributed by atoms with E-state index in [9.17, 15) is 14.7 Å². The summed E-state index contributed by atoms with van der Waals surface area (Å²) in [5.74, 6) is -0.274. The Kier molecular flexibility index (Phi) is 9.63. The fourth-order valence-corrected chi connectivity index (χ4v) is 5.54. The number of carbonyl (C=O) groups excluding carboxylic acids is 2. The molecule has 8 nitrogen and oxygen atoms in total. The Labute approximate surface area is 232 Å². The van der Waals surface area contributed by atoms with E-state index in [4.69, 9.17) is 19.9 Å². The number of carbonyl (C=O) groups is 2. The molecule has 1 aliphatic rings. The molecule has 1 aliphatic heterocycles. The molecule has 206 valence electrons. The van der Waals surface area contributed by atoms with Crippen molar-refractivity contribution in [2.75, 3.05) is 16.8 Å². The number of anilines is 2. The smallest absolute Gasteiger partial charge is 0.303 e. The number of nitrogen functional groups attached to an aromatic ring is 1. The van der Waals surface area contributed by atoms with E-state index in [0.717, 1.165) is 27.3 Å². The van der Waals surface area contributed by atoms with Gasteiger partial charge in [0.15, 0.2) is 12.4 Å². The summed E-state index contributed by atoms with van der Waals surface area (Å²) in [6, 6.07) is 22.7. The lowest BCUT2D eigenvalue weighted by Crippen LogP contribution is -2.38. The van der Waals surface area contributed by atoms with E-state index in [2.05, 4.69) is 12.2 Å². The van der Waals surface area contributed by atoms with Crippen LogP contribution in [0.15, 0.2) is 77.7 Å². The van der Waals surface area contributed by atoms with Gasteiger partial charge in [0.1, 0.15) is 0 Å². The van der Waals surface area contributed by atoms with E-state index >= 15 is 0 Å². The summed E-state index contributed by atoms with van der Waals surface area (Å²) in [4.78, 5) is 24.7. The average Bonchev–Trinajstić information content (AvgIpc) is 2.93. The number of hydrogen-bond donors (Lipinski definition) is 3. The zero-order valence-electron chi connectivity index (χ0n) is 22.2. The highest BCUT2D eigenvalue weighted by Gasteiger charge is 2.38. The zero-order chi connectivity index (χ0) is 27.9. The number of nitrogens with one attached hydrogen (secondary N) is 1. The Hall–Kier alpha value is -3.37. The molecule has 0 aromatic heterocycles. The third-order valence-electron chi connectivity index (χ3n) is 6.58. The molecule has 1 saturated heterocycles. The summed E-state index contributed by atoms with van der Waals surface area (Å²) < 4.78 is 18.0. The molecule has 0 aliphatic carbocycles.